The first-order valence-corrected chi connectivity index (χ1v) is 4.96. The Morgan fingerprint density at radius 3 is 2.50 bits per heavy atom. The average molecular weight is 224 g/mol. The monoisotopic (exact) mass is 224 g/mol. The molecule has 0 aliphatic carbocycles. The number of nitrogens with one attached hydrogen (secondary N) is 1. The summed E-state index contributed by atoms with van der Waals surface area (Å²) in [6.07, 6.45) is 0. The Morgan fingerprint density at radius 1 is 1.31 bits per heavy atom. The molecule has 0 unspecified atom stereocenters. The molecule has 0 aliphatic rings. The number of amides is 1. The van der Waals surface area contributed by atoms with Gasteiger partial charge >= 0.3 is 0 Å². The summed E-state index contributed by atoms with van der Waals surface area (Å²) in [7, 11) is 5.59. The van der Waals surface area contributed by atoms with Gasteiger partial charge in [0.25, 0.3) is 11.5 Å². The van der Waals surface area contributed by atoms with Crippen LogP contribution in [0, 0.1) is 0 Å². The van der Waals surface area contributed by atoms with Crippen molar-refractivity contribution in [2.75, 3.05) is 34.2 Å². The fraction of sp³-hybridized carbons (Fsp3) is 0.500. The summed E-state index contributed by atoms with van der Waals surface area (Å²) < 4.78 is 0. The van der Waals surface area contributed by atoms with Crippen LogP contribution in [-0.4, -0.2) is 60.1 Å². The predicted octanol–water partition coefficient (Wildman–Crippen LogP) is -0.596. The molecule has 88 valence electrons. The Labute approximate surface area is 93.9 Å². The van der Waals surface area contributed by atoms with E-state index in [9.17, 15) is 9.59 Å². The third-order valence-corrected chi connectivity index (χ3v) is 2.13. The molecule has 6 nitrogen and oxygen atoms in total. The molecule has 1 aromatic rings. The number of aromatic nitrogens is 2. The second-order valence-corrected chi connectivity index (χ2v) is 3.84. The van der Waals surface area contributed by atoms with Crippen LogP contribution in [0.4, 0.5) is 0 Å². The lowest BCUT2D eigenvalue weighted by molar-refractivity contribution is 0.0779. The van der Waals surface area contributed by atoms with Gasteiger partial charge in [0.1, 0.15) is 5.69 Å². The highest BCUT2D eigenvalue weighted by molar-refractivity contribution is 5.91. The fourth-order valence-corrected chi connectivity index (χ4v) is 1.11. The van der Waals surface area contributed by atoms with Gasteiger partial charge in [-0.3, -0.25) is 9.59 Å². The Kier molecular flexibility index (Phi) is 4.19. The standard InChI is InChI=1S/C10H16N4O2/c1-13(2)6-7-14(3)10(16)8-4-5-9(15)12-11-8/h4-5H,6-7H2,1-3H3,(H,12,15). The second-order valence-electron chi connectivity index (χ2n) is 3.84. The second kappa shape index (κ2) is 5.41. The van der Waals surface area contributed by atoms with Gasteiger partial charge < -0.3 is 9.80 Å². The molecule has 1 aromatic heterocycles. The first kappa shape index (κ1) is 12.4. The van der Waals surface area contributed by atoms with E-state index < -0.39 is 0 Å². The van der Waals surface area contributed by atoms with E-state index in [0.29, 0.717) is 6.54 Å². The van der Waals surface area contributed by atoms with Crippen molar-refractivity contribution in [3.63, 3.8) is 0 Å². The number of hydrogen-bond donors (Lipinski definition) is 1. The molecule has 1 amide bonds. The zero-order chi connectivity index (χ0) is 12.1. The SMILES string of the molecule is CN(C)CCN(C)C(=O)c1ccc(=O)[nH]n1. The molecule has 0 spiro atoms. The highest BCUT2D eigenvalue weighted by atomic mass is 16.2. The number of carbonyl (C=O) groups is 1. The zero-order valence-corrected chi connectivity index (χ0v) is 9.73. The van der Waals surface area contributed by atoms with E-state index in [4.69, 9.17) is 0 Å². The smallest absolute Gasteiger partial charge is 0.274 e. The lowest BCUT2D eigenvalue weighted by atomic mass is 10.3. The number of hydrogen-bond acceptors (Lipinski definition) is 4. The Morgan fingerprint density at radius 2 is 2.00 bits per heavy atom. The van der Waals surface area contributed by atoms with Gasteiger partial charge in [0.15, 0.2) is 0 Å². The Balaban J connectivity index is 2.63. The Bertz CT molecular complexity index is 393. The van der Waals surface area contributed by atoms with E-state index in [0.717, 1.165) is 6.54 Å². The normalized spacial score (nSPS) is 10.5. The first-order valence-electron chi connectivity index (χ1n) is 4.96. The van der Waals surface area contributed by atoms with Crippen LogP contribution in [0.2, 0.25) is 0 Å². The van der Waals surface area contributed by atoms with Crippen LogP contribution < -0.4 is 5.56 Å². The molecule has 16 heavy (non-hydrogen) atoms. The minimum atomic E-state index is -0.313. The molecule has 0 atom stereocenters. The van der Waals surface area contributed by atoms with Gasteiger partial charge in [-0.25, -0.2) is 5.10 Å². The maximum atomic E-state index is 11.8. The molecule has 1 N–H and O–H groups in total. The van der Waals surface area contributed by atoms with Gasteiger partial charge in [0, 0.05) is 26.2 Å². The number of likely N-dealkylation sites (N-methyl/N-ethyl adjacent to an activating group) is 2. The van der Waals surface area contributed by atoms with Crippen molar-refractivity contribution in [3.05, 3.63) is 28.2 Å². The molecule has 6 heteroatoms. The topological polar surface area (TPSA) is 69.3 Å². The van der Waals surface area contributed by atoms with Crippen LogP contribution in [-0.2, 0) is 0 Å². The number of rotatable bonds is 4. The summed E-state index contributed by atoms with van der Waals surface area (Å²) in [5.74, 6) is -0.196. The van der Waals surface area contributed by atoms with Gasteiger partial charge in [-0.15, -0.1) is 0 Å². The highest BCUT2D eigenvalue weighted by Gasteiger charge is 2.12. The predicted molar refractivity (Wildman–Crippen MR) is 60.4 cm³/mol. The molecule has 0 aliphatic heterocycles. The molecular formula is C10H16N4O2. The molecule has 0 saturated carbocycles. The molecular weight excluding hydrogens is 208 g/mol. The summed E-state index contributed by atoms with van der Waals surface area (Å²) in [4.78, 5) is 26.1. The van der Waals surface area contributed by atoms with E-state index >= 15 is 0 Å². The van der Waals surface area contributed by atoms with Crippen LogP contribution in [0.15, 0.2) is 16.9 Å². The van der Waals surface area contributed by atoms with Crippen molar-refractivity contribution in [3.8, 4) is 0 Å². The van der Waals surface area contributed by atoms with Gasteiger partial charge in [-0.05, 0) is 20.2 Å². The fourth-order valence-electron chi connectivity index (χ4n) is 1.11. The number of nitrogens with zero attached hydrogens (tertiary/aromatic N) is 3. The molecule has 0 bridgehead atoms. The zero-order valence-electron chi connectivity index (χ0n) is 9.73. The van der Waals surface area contributed by atoms with Crippen molar-refractivity contribution < 1.29 is 4.79 Å². The van der Waals surface area contributed by atoms with Crippen molar-refractivity contribution in [2.24, 2.45) is 0 Å². The van der Waals surface area contributed by atoms with Crippen LogP contribution in [0.5, 0.6) is 0 Å². The van der Waals surface area contributed by atoms with Crippen LogP contribution in [0.3, 0.4) is 0 Å². The molecule has 1 heterocycles. The molecule has 0 aromatic carbocycles. The highest BCUT2D eigenvalue weighted by Crippen LogP contribution is 1.96. The van der Waals surface area contributed by atoms with E-state index in [1.807, 2.05) is 19.0 Å². The number of H-pyrrole nitrogens is 1. The largest absolute Gasteiger partial charge is 0.339 e. The van der Waals surface area contributed by atoms with E-state index in [1.165, 1.54) is 12.1 Å². The molecule has 0 radical (unpaired) electrons. The number of aromatic amines is 1. The van der Waals surface area contributed by atoms with Gasteiger partial charge in [0.2, 0.25) is 0 Å². The third kappa shape index (κ3) is 3.47. The summed E-state index contributed by atoms with van der Waals surface area (Å²) in [5, 5.41) is 5.92. The quantitative estimate of drug-likeness (QED) is 0.741. The van der Waals surface area contributed by atoms with Crippen molar-refractivity contribution in [1.82, 2.24) is 20.0 Å². The van der Waals surface area contributed by atoms with Crippen molar-refractivity contribution >= 4 is 5.91 Å². The lowest BCUT2D eigenvalue weighted by Crippen LogP contribution is -2.34. The van der Waals surface area contributed by atoms with Gasteiger partial charge in [-0.1, -0.05) is 0 Å². The van der Waals surface area contributed by atoms with Crippen LogP contribution in [0.25, 0.3) is 0 Å². The van der Waals surface area contributed by atoms with Gasteiger partial charge in [0.05, 0.1) is 0 Å². The molecule has 0 fully saturated rings. The third-order valence-electron chi connectivity index (χ3n) is 2.13. The van der Waals surface area contributed by atoms with Gasteiger partial charge in [-0.2, -0.15) is 5.10 Å². The summed E-state index contributed by atoms with van der Waals surface area (Å²) in [6, 6.07) is 2.72. The lowest BCUT2D eigenvalue weighted by Gasteiger charge is -2.18. The molecule has 0 saturated heterocycles. The number of carbonyl (C=O) groups excluding carboxylic acids is 1. The maximum Gasteiger partial charge on any atom is 0.274 e. The Hall–Kier alpha value is -1.69. The minimum absolute atomic E-state index is 0.196. The summed E-state index contributed by atoms with van der Waals surface area (Å²) in [6.45, 7) is 1.40. The first-order chi connectivity index (χ1) is 7.50. The molecule has 1 rings (SSSR count). The average Bonchev–Trinajstić information content (AvgIpc) is 2.26. The summed E-state index contributed by atoms with van der Waals surface area (Å²) in [5.41, 5.74) is -0.0617. The van der Waals surface area contributed by atoms with E-state index in [-0.39, 0.29) is 17.2 Å². The van der Waals surface area contributed by atoms with E-state index in [2.05, 4.69) is 10.2 Å². The maximum absolute atomic E-state index is 11.8. The van der Waals surface area contributed by atoms with Crippen LogP contribution >= 0.6 is 0 Å². The summed E-state index contributed by atoms with van der Waals surface area (Å²) >= 11 is 0. The van der Waals surface area contributed by atoms with E-state index in [1.54, 1.807) is 11.9 Å². The minimum Gasteiger partial charge on any atom is -0.339 e. The van der Waals surface area contributed by atoms with Crippen molar-refractivity contribution in [2.45, 2.75) is 0 Å². The van der Waals surface area contributed by atoms with Crippen LogP contribution in [0.1, 0.15) is 10.5 Å². The van der Waals surface area contributed by atoms with Crippen molar-refractivity contribution in [1.29, 1.82) is 0 Å².